The van der Waals surface area contributed by atoms with E-state index in [9.17, 15) is 9.50 Å². The van der Waals surface area contributed by atoms with E-state index in [1.54, 1.807) is 12.1 Å². The van der Waals surface area contributed by atoms with Crippen LogP contribution in [-0.2, 0) is 0 Å². The average Bonchev–Trinajstić information content (AvgIpc) is 2.42. The molecule has 0 bridgehead atoms. The van der Waals surface area contributed by atoms with Crippen molar-refractivity contribution in [1.82, 2.24) is 0 Å². The Morgan fingerprint density at radius 2 is 1.95 bits per heavy atom. The molecule has 0 aliphatic heterocycles. The third-order valence-corrected chi connectivity index (χ3v) is 4.24. The Labute approximate surface area is 126 Å². The number of benzene rings is 2. The number of rotatable bonds is 4. The van der Waals surface area contributed by atoms with Crippen molar-refractivity contribution in [1.29, 1.82) is 0 Å². The molecule has 0 amide bonds. The lowest BCUT2D eigenvalue weighted by atomic mass is 9.88. The minimum Gasteiger partial charge on any atom is -0.388 e. The summed E-state index contributed by atoms with van der Waals surface area (Å²) in [5.74, 6) is -0.658. The molecule has 0 radical (unpaired) electrons. The molecule has 2 nitrogen and oxygen atoms in total. The third-order valence-electron chi connectivity index (χ3n) is 3.41. The van der Waals surface area contributed by atoms with Crippen LogP contribution in [0.5, 0.6) is 0 Å². The Kier molecular flexibility index (Phi) is 4.91. The van der Waals surface area contributed by atoms with Gasteiger partial charge in [-0.1, -0.05) is 42.0 Å². The van der Waals surface area contributed by atoms with Crippen LogP contribution < -0.4 is 5.73 Å². The highest BCUT2D eigenvalue weighted by Crippen LogP contribution is 2.35. The number of halogens is 2. The predicted octanol–water partition coefficient (Wildman–Crippen LogP) is 3.67. The normalized spacial score (nSPS) is 14.1. The smallest absolute Gasteiger partial charge is 0.137 e. The summed E-state index contributed by atoms with van der Waals surface area (Å²) in [6.07, 6.45) is -0.855. The van der Waals surface area contributed by atoms with Gasteiger partial charge in [-0.15, -0.1) is 0 Å². The molecule has 0 heterocycles. The molecule has 3 N–H and O–H groups in total. The number of aliphatic hydroxyl groups excluding tert-OH is 1. The van der Waals surface area contributed by atoms with Crippen molar-refractivity contribution >= 4 is 15.9 Å². The van der Waals surface area contributed by atoms with Gasteiger partial charge >= 0.3 is 0 Å². The fourth-order valence-electron chi connectivity index (χ4n) is 2.31. The molecule has 0 aliphatic carbocycles. The number of hydrogen-bond donors (Lipinski definition) is 2. The Hall–Kier alpha value is -1.23. The Balaban J connectivity index is 2.39. The van der Waals surface area contributed by atoms with E-state index in [4.69, 9.17) is 5.73 Å². The van der Waals surface area contributed by atoms with Crippen molar-refractivity contribution < 1.29 is 9.50 Å². The third kappa shape index (κ3) is 3.08. The van der Waals surface area contributed by atoms with E-state index in [1.165, 1.54) is 6.07 Å². The molecule has 106 valence electrons. The average molecular weight is 338 g/mol. The van der Waals surface area contributed by atoms with Crippen LogP contribution in [0.2, 0.25) is 0 Å². The van der Waals surface area contributed by atoms with Gasteiger partial charge in [-0.3, -0.25) is 0 Å². The first-order chi connectivity index (χ1) is 9.54. The fraction of sp³-hybridized carbons (Fsp3) is 0.250. The van der Waals surface area contributed by atoms with Crippen molar-refractivity contribution in [2.75, 3.05) is 6.54 Å². The van der Waals surface area contributed by atoms with Gasteiger partial charge in [0.25, 0.3) is 0 Å². The summed E-state index contributed by atoms with van der Waals surface area (Å²) in [7, 11) is 0. The van der Waals surface area contributed by atoms with Gasteiger partial charge in [0.1, 0.15) is 5.82 Å². The lowest BCUT2D eigenvalue weighted by Gasteiger charge is -2.23. The van der Waals surface area contributed by atoms with E-state index in [-0.39, 0.29) is 18.3 Å². The highest BCUT2D eigenvalue weighted by Gasteiger charge is 2.24. The molecule has 0 fully saturated rings. The first-order valence-electron chi connectivity index (χ1n) is 6.43. The Bertz CT molecular complexity index is 603. The molecule has 0 aromatic heterocycles. The van der Waals surface area contributed by atoms with Crippen molar-refractivity contribution in [2.45, 2.75) is 18.9 Å². The minimum atomic E-state index is -0.855. The zero-order chi connectivity index (χ0) is 14.7. The van der Waals surface area contributed by atoms with Crippen LogP contribution in [0, 0.1) is 12.7 Å². The van der Waals surface area contributed by atoms with Crippen LogP contribution in [0.3, 0.4) is 0 Å². The first-order valence-corrected chi connectivity index (χ1v) is 7.22. The Morgan fingerprint density at radius 1 is 1.25 bits per heavy atom. The number of aryl methyl sites for hydroxylation is 1. The lowest BCUT2D eigenvalue weighted by Crippen LogP contribution is -2.20. The molecule has 2 rings (SSSR count). The zero-order valence-electron chi connectivity index (χ0n) is 11.2. The van der Waals surface area contributed by atoms with Gasteiger partial charge in [0, 0.05) is 12.5 Å². The second-order valence-electron chi connectivity index (χ2n) is 4.84. The molecule has 2 atom stereocenters. The van der Waals surface area contributed by atoms with Crippen LogP contribution in [-0.4, -0.2) is 11.7 Å². The maximum Gasteiger partial charge on any atom is 0.137 e. The quantitative estimate of drug-likeness (QED) is 0.893. The summed E-state index contributed by atoms with van der Waals surface area (Å²) in [6, 6.07) is 12.5. The molecule has 0 aliphatic rings. The second kappa shape index (κ2) is 6.48. The van der Waals surface area contributed by atoms with Crippen LogP contribution in [0.15, 0.2) is 46.9 Å². The summed E-state index contributed by atoms with van der Waals surface area (Å²) >= 11 is 3.19. The summed E-state index contributed by atoms with van der Waals surface area (Å²) in [5.41, 5.74) is 8.39. The van der Waals surface area contributed by atoms with Crippen molar-refractivity contribution in [2.24, 2.45) is 5.73 Å². The molecular weight excluding hydrogens is 321 g/mol. The highest BCUT2D eigenvalue weighted by atomic mass is 79.9. The molecule has 0 saturated carbocycles. The van der Waals surface area contributed by atoms with Gasteiger partial charge in [-0.2, -0.15) is 0 Å². The molecule has 0 saturated heterocycles. The summed E-state index contributed by atoms with van der Waals surface area (Å²) in [5, 5.41) is 10.6. The molecule has 2 aromatic carbocycles. The van der Waals surface area contributed by atoms with E-state index in [2.05, 4.69) is 15.9 Å². The van der Waals surface area contributed by atoms with Gasteiger partial charge in [0.15, 0.2) is 0 Å². The van der Waals surface area contributed by atoms with E-state index >= 15 is 0 Å². The van der Waals surface area contributed by atoms with Gasteiger partial charge in [0.05, 0.1) is 10.6 Å². The minimum absolute atomic E-state index is 0.270. The van der Waals surface area contributed by atoms with Crippen molar-refractivity contribution in [3.63, 3.8) is 0 Å². The molecule has 20 heavy (non-hydrogen) atoms. The maximum atomic E-state index is 13.6. The van der Waals surface area contributed by atoms with Crippen LogP contribution in [0.25, 0.3) is 0 Å². The summed E-state index contributed by atoms with van der Waals surface area (Å²) in [6.45, 7) is 2.27. The van der Waals surface area contributed by atoms with E-state index in [0.29, 0.717) is 10.0 Å². The molecule has 2 aromatic rings. The highest BCUT2D eigenvalue weighted by molar-refractivity contribution is 9.10. The number of nitrogens with two attached hydrogens (primary N) is 1. The zero-order valence-corrected chi connectivity index (χ0v) is 12.8. The summed E-state index contributed by atoms with van der Waals surface area (Å²) < 4.78 is 13.9. The second-order valence-corrected chi connectivity index (χ2v) is 5.64. The molecule has 0 spiro atoms. The topological polar surface area (TPSA) is 46.2 Å². The molecule has 4 heteroatoms. The van der Waals surface area contributed by atoms with Gasteiger partial charge in [0.2, 0.25) is 0 Å². The standard InChI is InChI=1S/C16H17BrFNO/c1-10-4-2-5-11(8-10)13(9-19)16(20)12-6-3-7-14(18)15(12)17/h2-8,13,16,20H,9,19H2,1H3. The maximum absolute atomic E-state index is 13.6. The van der Waals surface area contributed by atoms with E-state index < -0.39 is 6.10 Å². The number of hydrogen-bond acceptors (Lipinski definition) is 2. The largest absolute Gasteiger partial charge is 0.388 e. The van der Waals surface area contributed by atoms with Gasteiger partial charge in [-0.25, -0.2) is 4.39 Å². The summed E-state index contributed by atoms with van der Waals surface area (Å²) in [4.78, 5) is 0. The van der Waals surface area contributed by atoms with Crippen molar-refractivity contribution in [3.8, 4) is 0 Å². The Morgan fingerprint density at radius 3 is 2.60 bits per heavy atom. The number of aliphatic hydroxyl groups is 1. The van der Waals surface area contributed by atoms with E-state index in [1.807, 2.05) is 31.2 Å². The SMILES string of the molecule is Cc1cccc(C(CN)C(O)c2cccc(F)c2Br)c1. The lowest BCUT2D eigenvalue weighted by molar-refractivity contribution is 0.146. The van der Waals surface area contributed by atoms with Gasteiger partial charge in [-0.05, 0) is 40.0 Å². The van der Waals surface area contributed by atoms with Crippen LogP contribution >= 0.6 is 15.9 Å². The first kappa shape index (κ1) is 15.2. The molecular formula is C16H17BrFNO. The van der Waals surface area contributed by atoms with Crippen LogP contribution in [0.4, 0.5) is 4.39 Å². The van der Waals surface area contributed by atoms with Gasteiger partial charge < -0.3 is 10.8 Å². The molecule has 2 unspecified atom stereocenters. The predicted molar refractivity (Wildman–Crippen MR) is 82.0 cm³/mol. The van der Waals surface area contributed by atoms with Crippen molar-refractivity contribution in [3.05, 3.63) is 69.4 Å². The van der Waals surface area contributed by atoms with E-state index in [0.717, 1.165) is 11.1 Å². The fourth-order valence-corrected chi connectivity index (χ4v) is 2.81. The monoisotopic (exact) mass is 337 g/mol. The van der Waals surface area contributed by atoms with Crippen LogP contribution in [0.1, 0.15) is 28.7 Å².